The minimum atomic E-state index is -0.499. The average Bonchev–Trinajstić information content (AvgIpc) is 2.42. The van der Waals surface area contributed by atoms with Gasteiger partial charge in [0, 0.05) is 13.0 Å². The molecule has 4 heteroatoms. The molecule has 0 saturated carbocycles. The highest BCUT2D eigenvalue weighted by molar-refractivity contribution is 5.82. The molecule has 0 aliphatic carbocycles. The van der Waals surface area contributed by atoms with Crippen molar-refractivity contribution in [1.82, 2.24) is 4.90 Å². The second-order valence-electron chi connectivity index (χ2n) is 4.72. The van der Waals surface area contributed by atoms with E-state index in [0.29, 0.717) is 6.42 Å². The van der Waals surface area contributed by atoms with Gasteiger partial charge in [0.25, 0.3) is 0 Å². The molecule has 1 unspecified atom stereocenters. The number of methoxy groups -OCH3 is 2. The van der Waals surface area contributed by atoms with Gasteiger partial charge in [-0.3, -0.25) is 9.69 Å². The second-order valence-corrected chi connectivity index (χ2v) is 4.72. The van der Waals surface area contributed by atoms with Crippen LogP contribution in [-0.2, 0) is 16.0 Å². The summed E-state index contributed by atoms with van der Waals surface area (Å²) in [6.07, 6.45) is 1.50. The van der Waals surface area contributed by atoms with Gasteiger partial charge in [-0.2, -0.15) is 0 Å². The maximum atomic E-state index is 12.0. The fraction of sp³-hybridized carbons (Fsp3) is 0.500. The van der Waals surface area contributed by atoms with Crippen LogP contribution in [0.4, 0.5) is 0 Å². The van der Waals surface area contributed by atoms with E-state index in [2.05, 4.69) is 4.90 Å². The van der Waals surface area contributed by atoms with E-state index in [0.717, 1.165) is 24.3 Å². The SMILES string of the molecule is COC(=O)C1(Cc2cccc(OC)c2)CCN1C. The molecule has 1 aromatic rings. The average molecular weight is 249 g/mol. The largest absolute Gasteiger partial charge is 0.497 e. The summed E-state index contributed by atoms with van der Waals surface area (Å²) < 4.78 is 10.1. The summed E-state index contributed by atoms with van der Waals surface area (Å²) in [5.41, 5.74) is 0.590. The summed E-state index contributed by atoms with van der Waals surface area (Å²) in [4.78, 5) is 14.0. The number of likely N-dealkylation sites (N-methyl/N-ethyl adjacent to an activating group) is 1. The van der Waals surface area contributed by atoms with Crippen LogP contribution in [0.25, 0.3) is 0 Å². The summed E-state index contributed by atoms with van der Waals surface area (Å²) in [5.74, 6) is 0.661. The summed E-state index contributed by atoms with van der Waals surface area (Å²) >= 11 is 0. The molecule has 0 radical (unpaired) electrons. The predicted octanol–water partition coefficient (Wildman–Crippen LogP) is 1.48. The van der Waals surface area contributed by atoms with Crippen LogP contribution in [-0.4, -0.2) is 44.2 Å². The number of ether oxygens (including phenoxy) is 2. The van der Waals surface area contributed by atoms with Crippen molar-refractivity contribution in [3.8, 4) is 5.75 Å². The molecule has 0 spiro atoms. The Morgan fingerprint density at radius 3 is 2.72 bits per heavy atom. The zero-order valence-electron chi connectivity index (χ0n) is 11.1. The summed E-state index contributed by atoms with van der Waals surface area (Å²) in [6.45, 7) is 0.930. The van der Waals surface area contributed by atoms with Crippen LogP contribution >= 0.6 is 0 Å². The third kappa shape index (κ3) is 2.08. The first kappa shape index (κ1) is 12.9. The molecule has 1 fully saturated rings. The zero-order valence-corrected chi connectivity index (χ0v) is 11.1. The summed E-state index contributed by atoms with van der Waals surface area (Å²) in [6, 6.07) is 7.83. The van der Waals surface area contributed by atoms with Crippen molar-refractivity contribution in [3.05, 3.63) is 29.8 Å². The maximum Gasteiger partial charge on any atom is 0.326 e. The Kier molecular flexibility index (Phi) is 3.57. The van der Waals surface area contributed by atoms with Crippen LogP contribution in [0.3, 0.4) is 0 Å². The van der Waals surface area contributed by atoms with Gasteiger partial charge in [-0.15, -0.1) is 0 Å². The summed E-state index contributed by atoms with van der Waals surface area (Å²) in [7, 11) is 5.05. The molecule has 0 amide bonds. The van der Waals surface area contributed by atoms with E-state index in [4.69, 9.17) is 9.47 Å². The van der Waals surface area contributed by atoms with Crippen LogP contribution in [0.15, 0.2) is 24.3 Å². The Labute approximate surface area is 107 Å². The van der Waals surface area contributed by atoms with Gasteiger partial charge >= 0.3 is 5.97 Å². The van der Waals surface area contributed by atoms with E-state index in [-0.39, 0.29) is 5.97 Å². The van der Waals surface area contributed by atoms with Gasteiger partial charge < -0.3 is 9.47 Å². The normalized spacial score (nSPS) is 23.3. The maximum absolute atomic E-state index is 12.0. The van der Waals surface area contributed by atoms with Crippen molar-refractivity contribution in [2.75, 3.05) is 27.8 Å². The first-order chi connectivity index (χ1) is 8.62. The number of rotatable bonds is 4. The van der Waals surface area contributed by atoms with Crippen molar-refractivity contribution in [2.45, 2.75) is 18.4 Å². The molecule has 4 nitrogen and oxygen atoms in total. The van der Waals surface area contributed by atoms with Gasteiger partial charge in [-0.25, -0.2) is 0 Å². The molecule has 1 aliphatic rings. The minimum Gasteiger partial charge on any atom is -0.497 e. The molecule has 0 N–H and O–H groups in total. The van der Waals surface area contributed by atoms with Crippen molar-refractivity contribution < 1.29 is 14.3 Å². The Morgan fingerprint density at radius 1 is 1.44 bits per heavy atom. The minimum absolute atomic E-state index is 0.154. The molecule has 18 heavy (non-hydrogen) atoms. The Bertz CT molecular complexity index is 446. The highest BCUT2D eigenvalue weighted by Gasteiger charge is 2.49. The number of esters is 1. The fourth-order valence-electron chi connectivity index (χ4n) is 2.47. The number of carbonyl (C=O) groups is 1. The first-order valence-electron chi connectivity index (χ1n) is 6.05. The molecule has 1 atom stereocenters. The lowest BCUT2D eigenvalue weighted by atomic mass is 9.79. The molecule has 1 heterocycles. The van der Waals surface area contributed by atoms with E-state index < -0.39 is 5.54 Å². The van der Waals surface area contributed by atoms with E-state index >= 15 is 0 Å². The second kappa shape index (κ2) is 4.98. The third-order valence-corrected chi connectivity index (χ3v) is 3.79. The van der Waals surface area contributed by atoms with Gasteiger partial charge in [0.05, 0.1) is 14.2 Å². The fourth-order valence-corrected chi connectivity index (χ4v) is 2.47. The summed E-state index contributed by atoms with van der Waals surface area (Å²) in [5, 5.41) is 0. The molecular weight excluding hydrogens is 230 g/mol. The van der Waals surface area contributed by atoms with Gasteiger partial charge in [0.2, 0.25) is 0 Å². The lowest BCUT2D eigenvalue weighted by Gasteiger charge is -2.48. The standard InChI is InChI=1S/C14H19NO3/c1-15-8-7-14(15,13(16)18-3)10-11-5-4-6-12(9-11)17-2/h4-6,9H,7-8,10H2,1-3H3. The molecule has 1 aliphatic heterocycles. The lowest BCUT2D eigenvalue weighted by molar-refractivity contribution is -0.163. The number of nitrogens with zero attached hydrogens (tertiary/aromatic N) is 1. The number of benzene rings is 1. The Morgan fingerprint density at radius 2 is 2.22 bits per heavy atom. The van der Waals surface area contributed by atoms with Gasteiger partial charge in [0.15, 0.2) is 0 Å². The molecule has 0 aromatic heterocycles. The van der Waals surface area contributed by atoms with Gasteiger partial charge in [0.1, 0.15) is 11.3 Å². The zero-order chi connectivity index (χ0) is 13.2. The highest BCUT2D eigenvalue weighted by Crippen LogP contribution is 2.34. The van der Waals surface area contributed by atoms with E-state index in [1.54, 1.807) is 7.11 Å². The molecule has 98 valence electrons. The number of likely N-dealkylation sites (tertiary alicyclic amines) is 1. The molecule has 0 bridgehead atoms. The van der Waals surface area contributed by atoms with Crippen molar-refractivity contribution in [3.63, 3.8) is 0 Å². The van der Waals surface area contributed by atoms with Crippen molar-refractivity contribution in [1.29, 1.82) is 0 Å². The van der Waals surface area contributed by atoms with Crippen LogP contribution in [0.1, 0.15) is 12.0 Å². The first-order valence-corrected chi connectivity index (χ1v) is 6.05. The van der Waals surface area contributed by atoms with Crippen LogP contribution in [0.5, 0.6) is 5.75 Å². The van der Waals surface area contributed by atoms with Gasteiger partial charge in [-0.1, -0.05) is 12.1 Å². The number of hydrogen-bond acceptors (Lipinski definition) is 4. The van der Waals surface area contributed by atoms with Crippen molar-refractivity contribution in [2.24, 2.45) is 0 Å². The van der Waals surface area contributed by atoms with Crippen LogP contribution in [0.2, 0.25) is 0 Å². The number of carbonyl (C=O) groups excluding carboxylic acids is 1. The topological polar surface area (TPSA) is 38.8 Å². The third-order valence-electron chi connectivity index (χ3n) is 3.79. The molecular formula is C14H19NO3. The van der Waals surface area contributed by atoms with E-state index in [1.807, 2.05) is 31.3 Å². The lowest BCUT2D eigenvalue weighted by Crippen LogP contribution is -2.64. The van der Waals surface area contributed by atoms with Gasteiger partial charge in [-0.05, 0) is 31.2 Å². The molecule has 2 rings (SSSR count). The number of hydrogen-bond donors (Lipinski definition) is 0. The van der Waals surface area contributed by atoms with Crippen LogP contribution in [0, 0.1) is 0 Å². The van der Waals surface area contributed by atoms with Crippen LogP contribution < -0.4 is 4.74 Å². The Balaban J connectivity index is 2.21. The molecule has 1 aromatic carbocycles. The monoisotopic (exact) mass is 249 g/mol. The Hall–Kier alpha value is -1.55. The van der Waals surface area contributed by atoms with E-state index in [1.165, 1.54) is 7.11 Å². The molecule has 1 saturated heterocycles. The van der Waals surface area contributed by atoms with Crippen molar-refractivity contribution >= 4 is 5.97 Å². The smallest absolute Gasteiger partial charge is 0.326 e. The highest BCUT2D eigenvalue weighted by atomic mass is 16.5. The predicted molar refractivity (Wildman–Crippen MR) is 68.7 cm³/mol. The van der Waals surface area contributed by atoms with E-state index in [9.17, 15) is 4.79 Å². The quantitative estimate of drug-likeness (QED) is 0.758.